The topological polar surface area (TPSA) is 46.5 Å². The third kappa shape index (κ3) is 6.73. The maximum atomic E-state index is 13.4. The number of allylic oxidation sites excluding steroid dienone is 1. The molecule has 0 aliphatic rings. The summed E-state index contributed by atoms with van der Waals surface area (Å²) < 4.78 is 18.8. The second kappa shape index (κ2) is 8.91. The molecule has 1 aromatic carbocycles. The summed E-state index contributed by atoms with van der Waals surface area (Å²) in [6, 6.07) is 4.17. The number of aliphatic carboxylic acids is 1. The lowest BCUT2D eigenvalue weighted by Crippen LogP contribution is -1.98. The summed E-state index contributed by atoms with van der Waals surface area (Å²) >= 11 is 0. The molecule has 1 rings (SSSR count). The normalized spacial score (nSPS) is 10.7. The Morgan fingerprint density at radius 3 is 2.80 bits per heavy atom. The number of carbonyl (C=O) groups is 1. The highest BCUT2D eigenvalue weighted by molar-refractivity contribution is 5.85. The molecule has 0 saturated carbocycles. The van der Waals surface area contributed by atoms with Crippen LogP contribution < -0.4 is 4.74 Å². The first kappa shape index (κ1) is 16.0. The summed E-state index contributed by atoms with van der Waals surface area (Å²) in [7, 11) is 0. The molecular formula is C16H19FO3. The molecule has 0 aromatic heterocycles. The molecule has 0 fully saturated rings. The first-order valence-corrected chi connectivity index (χ1v) is 6.57. The lowest BCUT2D eigenvalue weighted by atomic mass is 10.2. The van der Waals surface area contributed by atoms with Gasteiger partial charge in [-0.2, -0.15) is 0 Å². The minimum Gasteiger partial charge on any atom is -0.493 e. The molecule has 1 aromatic rings. The third-order valence-corrected chi connectivity index (χ3v) is 2.63. The Labute approximate surface area is 118 Å². The van der Waals surface area contributed by atoms with E-state index in [9.17, 15) is 9.18 Å². The van der Waals surface area contributed by atoms with Gasteiger partial charge in [-0.3, -0.25) is 0 Å². The number of benzene rings is 1. The van der Waals surface area contributed by atoms with Gasteiger partial charge < -0.3 is 9.84 Å². The van der Waals surface area contributed by atoms with Gasteiger partial charge in [0, 0.05) is 12.1 Å². The zero-order valence-corrected chi connectivity index (χ0v) is 11.3. The molecule has 1 N–H and O–H groups in total. The lowest BCUT2D eigenvalue weighted by molar-refractivity contribution is -0.131. The Hall–Kier alpha value is -2.10. The van der Waals surface area contributed by atoms with E-state index in [-0.39, 0.29) is 0 Å². The summed E-state index contributed by atoms with van der Waals surface area (Å²) in [5, 5.41) is 8.54. The Bertz CT molecular complexity index is 481. The Morgan fingerprint density at radius 2 is 2.10 bits per heavy atom. The molecule has 0 saturated heterocycles. The van der Waals surface area contributed by atoms with Gasteiger partial charge in [-0.25, -0.2) is 9.18 Å². The maximum absolute atomic E-state index is 13.4. The molecule has 20 heavy (non-hydrogen) atoms. The van der Waals surface area contributed by atoms with Gasteiger partial charge in [0.15, 0.2) is 0 Å². The lowest BCUT2D eigenvalue weighted by Gasteiger charge is -2.07. The molecule has 0 amide bonds. The summed E-state index contributed by atoms with van der Waals surface area (Å²) in [6.07, 6.45) is 8.18. The standard InChI is InChI=1S/C16H19FO3/c1-2-3-4-5-6-9-20-15-11-13(7-8-16(18)19)10-14(17)12-15/h2,7-8,10-12H,1,3-6,9H2,(H,18,19)/b8-7+. The van der Waals surface area contributed by atoms with E-state index < -0.39 is 11.8 Å². The number of unbranched alkanes of at least 4 members (excludes halogenated alkanes) is 3. The van der Waals surface area contributed by atoms with Crippen LogP contribution in [0.15, 0.2) is 36.9 Å². The summed E-state index contributed by atoms with van der Waals surface area (Å²) in [5.41, 5.74) is 0.467. The van der Waals surface area contributed by atoms with Crippen molar-refractivity contribution in [2.24, 2.45) is 0 Å². The molecule has 3 nitrogen and oxygen atoms in total. The molecule has 0 aliphatic carbocycles. The van der Waals surface area contributed by atoms with Crippen LogP contribution in [-0.4, -0.2) is 17.7 Å². The predicted octanol–water partition coefficient (Wildman–Crippen LogP) is 4.05. The number of rotatable bonds is 9. The summed E-state index contributed by atoms with van der Waals surface area (Å²) in [5.74, 6) is -1.10. The van der Waals surface area contributed by atoms with Crippen LogP contribution in [0.1, 0.15) is 31.2 Å². The maximum Gasteiger partial charge on any atom is 0.328 e. The largest absolute Gasteiger partial charge is 0.493 e. The minimum absolute atomic E-state index is 0.416. The smallest absolute Gasteiger partial charge is 0.328 e. The quantitative estimate of drug-likeness (QED) is 0.421. The van der Waals surface area contributed by atoms with Gasteiger partial charge >= 0.3 is 5.97 Å². The first-order chi connectivity index (χ1) is 9.61. The molecule has 108 valence electrons. The van der Waals surface area contributed by atoms with Crippen LogP contribution in [0.25, 0.3) is 6.08 Å². The van der Waals surface area contributed by atoms with E-state index in [1.807, 2.05) is 6.08 Å². The van der Waals surface area contributed by atoms with Crippen molar-refractivity contribution >= 4 is 12.0 Å². The van der Waals surface area contributed by atoms with Gasteiger partial charge in [0.2, 0.25) is 0 Å². The van der Waals surface area contributed by atoms with E-state index in [4.69, 9.17) is 9.84 Å². The number of ether oxygens (including phenoxy) is 1. The van der Waals surface area contributed by atoms with Crippen molar-refractivity contribution in [3.05, 3.63) is 48.3 Å². The monoisotopic (exact) mass is 278 g/mol. The second-order valence-electron chi connectivity index (χ2n) is 4.38. The van der Waals surface area contributed by atoms with E-state index >= 15 is 0 Å². The third-order valence-electron chi connectivity index (χ3n) is 2.63. The van der Waals surface area contributed by atoms with E-state index in [1.54, 1.807) is 6.07 Å². The average molecular weight is 278 g/mol. The minimum atomic E-state index is -1.07. The highest BCUT2D eigenvalue weighted by Crippen LogP contribution is 2.18. The van der Waals surface area contributed by atoms with Crippen molar-refractivity contribution in [1.82, 2.24) is 0 Å². The van der Waals surface area contributed by atoms with Gasteiger partial charge in [0.25, 0.3) is 0 Å². The van der Waals surface area contributed by atoms with Crippen LogP contribution in [-0.2, 0) is 4.79 Å². The van der Waals surface area contributed by atoms with Crippen LogP contribution in [0.4, 0.5) is 4.39 Å². The SMILES string of the molecule is C=CCCCCCOc1cc(F)cc(/C=C/C(=O)O)c1. The molecule has 4 heteroatoms. The second-order valence-corrected chi connectivity index (χ2v) is 4.38. The zero-order chi connectivity index (χ0) is 14.8. The molecule has 0 heterocycles. The fourth-order valence-electron chi connectivity index (χ4n) is 1.69. The molecule has 0 bridgehead atoms. The van der Waals surface area contributed by atoms with Crippen LogP contribution >= 0.6 is 0 Å². The van der Waals surface area contributed by atoms with Crippen LogP contribution in [0.2, 0.25) is 0 Å². The van der Waals surface area contributed by atoms with Crippen molar-refractivity contribution in [2.45, 2.75) is 25.7 Å². The average Bonchev–Trinajstić information content (AvgIpc) is 2.40. The van der Waals surface area contributed by atoms with Gasteiger partial charge in [-0.05, 0) is 49.5 Å². The highest BCUT2D eigenvalue weighted by atomic mass is 19.1. The number of carboxylic acid groups (broad SMARTS) is 1. The fraction of sp³-hybridized carbons (Fsp3) is 0.312. The van der Waals surface area contributed by atoms with Crippen molar-refractivity contribution in [2.75, 3.05) is 6.61 Å². The van der Waals surface area contributed by atoms with E-state index in [0.717, 1.165) is 31.8 Å². The van der Waals surface area contributed by atoms with Crippen LogP contribution in [0.5, 0.6) is 5.75 Å². The van der Waals surface area contributed by atoms with Gasteiger partial charge in [0.05, 0.1) is 6.61 Å². The predicted molar refractivity (Wildman–Crippen MR) is 77.2 cm³/mol. The zero-order valence-electron chi connectivity index (χ0n) is 11.3. The summed E-state index contributed by atoms with van der Waals surface area (Å²) in [6.45, 7) is 4.17. The van der Waals surface area contributed by atoms with Crippen LogP contribution in [0, 0.1) is 5.82 Å². The molecule has 0 aliphatic heterocycles. The molecule has 0 radical (unpaired) electrons. The van der Waals surface area contributed by atoms with E-state index in [1.165, 1.54) is 18.2 Å². The van der Waals surface area contributed by atoms with E-state index in [0.29, 0.717) is 17.9 Å². The van der Waals surface area contributed by atoms with Crippen LogP contribution in [0.3, 0.4) is 0 Å². The van der Waals surface area contributed by atoms with E-state index in [2.05, 4.69) is 6.58 Å². The number of hydrogen-bond donors (Lipinski definition) is 1. The fourth-order valence-corrected chi connectivity index (χ4v) is 1.69. The highest BCUT2D eigenvalue weighted by Gasteiger charge is 2.01. The van der Waals surface area contributed by atoms with Crippen molar-refractivity contribution in [1.29, 1.82) is 0 Å². The van der Waals surface area contributed by atoms with Gasteiger partial charge in [-0.15, -0.1) is 6.58 Å². The molecule has 0 unspecified atom stereocenters. The Morgan fingerprint density at radius 1 is 1.30 bits per heavy atom. The number of halogens is 1. The Balaban J connectivity index is 2.49. The number of carboxylic acids is 1. The molecule has 0 spiro atoms. The van der Waals surface area contributed by atoms with Gasteiger partial charge in [-0.1, -0.05) is 6.08 Å². The van der Waals surface area contributed by atoms with Crippen molar-refractivity contribution in [3.8, 4) is 5.75 Å². The van der Waals surface area contributed by atoms with Crippen molar-refractivity contribution < 1.29 is 19.0 Å². The molecular weight excluding hydrogens is 259 g/mol. The number of hydrogen-bond acceptors (Lipinski definition) is 2. The van der Waals surface area contributed by atoms with Crippen molar-refractivity contribution in [3.63, 3.8) is 0 Å². The Kier molecular flexibility index (Phi) is 7.11. The molecule has 0 atom stereocenters. The summed E-state index contributed by atoms with van der Waals surface area (Å²) in [4.78, 5) is 10.4. The van der Waals surface area contributed by atoms with Gasteiger partial charge in [0.1, 0.15) is 11.6 Å². The first-order valence-electron chi connectivity index (χ1n) is 6.57.